The fraction of sp³-hybridized carbons (Fsp3) is 0.294. The topological polar surface area (TPSA) is 50.7 Å². The highest BCUT2D eigenvalue weighted by Crippen LogP contribution is 2.31. The first kappa shape index (κ1) is 15.0. The monoisotopic (exact) mass is 287 g/mol. The minimum Gasteiger partial charge on any atom is -0.504 e. The zero-order chi connectivity index (χ0) is 15.4. The van der Waals surface area contributed by atoms with Crippen molar-refractivity contribution in [3.8, 4) is 17.2 Å². The van der Waals surface area contributed by atoms with Gasteiger partial charge < -0.3 is 19.9 Å². The van der Waals surface area contributed by atoms with E-state index in [4.69, 9.17) is 9.47 Å². The number of anilines is 1. The third-order valence-corrected chi connectivity index (χ3v) is 3.51. The molecule has 21 heavy (non-hydrogen) atoms. The van der Waals surface area contributed by atoms with Crippen LogP contribution in [-0.4, -0.2) is 19.3 Å². The van der Waals surface area contributed by atoms with Crippen molar-refractivity contribution in [3.63, 3.8) is 0 Å². The van der Waals surface area contributed by atoms with Crippen LogP contribution in [0.5, 0.6) is 17.2 Å². The van der Waals surface area contributed by atoms with Crippen molar-refractivity contribution in [1.82, 2.24) is 0 Å². The minimum atomic E-state index is 0.0894. The molecule has 2 aromatic carbocycles. The molecule has 0 bridgehead atoms. The third-order valence-electron chi connectivity index (χ3n) is 3.51. The van der Waals surface area contributed by atoms with Crippen LogP contribution in [-0.2, 0) is 0 Å². The van der Waals surface area contributed by atoms with Crippen LogP contribution >= 0.6 is 0 Å². The average Bonchev–Trinajstić information content (AvgIpc) is 2.49. The van der Waals surface area contributed by atoms with E-state index in [9.17, 15) is 5.11 Å². The molecule has 0 saturated carbocycles. The van der Waals surface area contributed by atoms with Crippen molar-refractivity contribution in [2.45, 2.75) is 19.9 Å². The second-order valence-corrected chi connectivity index (χ2v) is 4.98. The maximum absolute atomic E-state index is 9.65. The quantitative estimate of drug-likeness (QED) is 0.876. The van der Waals surface area contributed by atoms with Gasteiger partial charge in [-0.2, -0.15) is 0 Å². The zero-order valence-electron chi connectivity index (χ0n) is 12.8. The van der Waals surface area contributed by atoms with Gasteiger partial charge in [-0.25, -0.2) is 0 Å². The Morgan fingerprint density at radius 1 is 1.05 bits per heavy atom. The average molecular weight is 287 g/mol. The molecular formula is C17H21NO3. The molecule has 1 unspecified atom stereocenters. The fourth-order valence-corrected chi connectivity index (χ4v) is 2.21. The Kier molecular flexibility index (Phi) is 4.58. The molecule has 0 aromatic heterocycles. The summed E-state index contributed by atoms with van der Waals surface area (Å²) in [6.07, 6.45) is 0. The van der Waals surface area contributed by atoms with Crippen LogP contribution in [0.3, 0.4) is 0 Å². The molecule has 2 rings (SSSR count). The number of rotatable bonds is 5. The molecule has 0 amide bonds. The first-order valence-electron chi connectivity index (χ1n) is 6.83. The van der Waals surface area contributed by atoms with Crippen molar-refractivity contribution in [3.05, 3.63) is 47.5 Å². The van der Waals surface area contributed by atoms with Gasteiger partial charge in [0.05, 0.1) is 14.2 Å². The Balaban J connectivity index is 2.19. The van der Waals surface area contributed by atoms with Crippen LogP contribution in [0.25, 0.3) is 0 Å². The zero-order valence-corrected chi connectivity index (χ0v) is 12.8. The number of phenolic OH excluding ortho intramolecular Hbond substituents is 1. The molecule has 0 aliphatic carbocycles. The number of hydrogen-bond donors (Lipinski definition) is 2. The summed E-state index contributed by atoms with van der Waals surface area (Å²) in [5.74, 6) is 1.47. The molecule has 1 atom stereocenters. The molecule has 0 fully saturated rings. The van der Waals surface area contributed by atoms with E-state index in [-0.39, 0.29) is 11.8 Å². The van der Waals surface area contributed by atoms with Gasteiger partial charge in [-0.1, -0.05) is 6.07 Å². The summed E-state index contributed by atoms with van der Waals surface area (Å²) in [5.41, 5.74) is 3.21. The lowest BCUT2D eigenvalue weighted by molar-refractivity contribution is 0.373. The van der Waals surface area contributed by atoms with Gasteiger partial charge >= 0.3 is 0 Å². The van der Waals surface area contributed by atoms with E-state index in [1.807, 2.05) is 37.3 Å². The number of hydrogen-bond acceptors (Lipinski definition) is 4. The van der Waals surface area contributed by atoms with Gasteiger partial charge in [0.1, 0.15) is 5.75 Å². The number of aryl methyl sites for hydroxylation is 1. The van der Waals surface area contributed by atoms with Gasteiger partial charge in [0.25, 0.3) is 0 Å². The second-order valence-electron chi connectivity index (χ2n) is 4.98. The number of phenols is 1. The second kappa shape index (κ2) is 6.39. The Morgan fingerprint density at radius 2 is 1.81 bits per heavy atom. The first-order chi connectivity index (χ1) is 10.0. The van der Waals surface area contributed by atoms with E-state index in [1.54, 1.807) is 20.3 Å². The molecule has 4 heteroatoms. The Labute approximate surface area is 125 Å². The summed E-state index contributed by atoms with van der Waals surface area (Å²) < 4.78 is 10.4. The van der Waals surface area contributed by atoms with Crippen molar-refractivity contribution < 1.29 is 14.6 Å². The molecule has 4 nitrogen and oxygen atoms in total. The van der Waals surface area contributed by atoms with E-state index in [0.717, 1.165) is 22.6 Å². The summed E-state index contributed by atoms with van der Waals surface area (Å²) in [7, 11) is 3.21. The summed E-state index contributed by atoms with van der Waals surface area (Å²) in [5, 5.41) is 13.1. The Bertz CT molecular complexity index is 625. The molecule has 0 spiro atoms. The van der Waals surface area contributed by atoms with Crippen molar-refractivity contribution >= 4 is 5.69 Å². The van der Waals surface area contributed by atoms with Gasteiger partial charge in [-0.05, 0) is 55.3 Å². The van der Waals surface area contributed by atoms with Crippen LogP contribution in [0.2, 0.25) is 0 Å². The number of aromatic hydroxyl groups is 1. The normalized spacial score (nSPS) is 11.8. The lowest BCUT2D eigenvalue weighted by Crippen LogP contribution is -2.08. The predicted octanol–water partition coefficient (Wildman–Crippen LogP) is 3.89. The number of methoxy groups -OCH3 is 2. The molecule has 2 N–H and O–H groups in total. The van der Waals surface area contributed by atoms with Crippen LogP contribution < -0.4 is 14.8 Å². The van der Waals surface area contributed by atoms with E-state index in [1.165, 1.54) is 0 Å². The molecule has 112 valence electrons. The fourth-order valence-electron chi connectivity index (χ4n) is 2.21. The van der Waals surface area contributed by atoms with E-state index < -0.39 is 0 Å². The van der Waals surface area contributed by atoms with Crippen LogP contribution in [0.1, 0.15) is 24.1 Å². The maximum Gasteiger partial charge on any atom is 0.160 e. The number of benzene rings is 2. The SMILES string of the molecule is COc1ccc(NC(C)c2ccc(O)c(OC)c2)c(C)c1. The Morgan fingerprint density at radius 3 is 2.43 bits per heavy atom. The van der Waals surface area contributed by atoms with Crippen LogP contribution in [0, 0.1) is 6.92 Å². The molecule has 0 radical (unpaired) electrons. The van der Waals surface area contributed by atoms with Gasteiger partial charge in [0.15, 0.2) is 11.5 Å². The highest BCUT2D eigenvalue weighted by atomic mass is 16.5. The molecule has 0 heterocycles. The minimum absolute atomic E-state index is 0.0894. The largest absolute Gasteiger partial charge is 0.504 e. The molecule has 0 saturated heterocycles. The summed E-state index contributed by atoms with van der Waals surface area (Å²) in [6, 6.07) is 11.4. The van der Waals surface area contributed by atoms with Crippen LogP contribution in [0.4, 0.5) is 5.69 Å². The van der Waals surface area contributed by atoms with Crippen molar-refractivity contribution in [2.24, 2.45) is 0 Å². The van der Waals surface area contributed by atoms with E-state index in [2.05, 4.69) is 12.2 Å². The third kappa shape index (κ3) is 3.40. The number of ether oxygens (including phenoxy) is 2. The van der Waals surface area contributed by atoms with Gasteiger partial charge in [-0.15, -0.1) is 0 Å². The molecular weight excluding hydrogens is 266 g/mol. The Hall–Kier alpha value is -2.36. The van der Waals surface area contributed by atoms with Crippen molar-refractivity contribution in [2.75, 3.05) is 19.5 Å². The predicted molar refractivity (Wildman–Crippen MR) is 84.4 cm³/mol. The highest BCUT2D eigenvalue weighted by Gasteiger charge is 2.10. The van der Waals surface area contributed by atoms with Gasteiger partial charge in [0.2, 0.25) is 0 Å². The highest BCUT2D eigenvalue weighted by molar-refractivity contribution is 5.55. The molecule has 2 aromatic rings. The lowest BCUT2D eigenvalue weighted by Gasteiger charge is -2.19. The lowest BCUT2D eigenvalue weighted by atomic mass is 10.1. The maximum atomic E-state index is 9.65. The van der Waals surface area contributed by atoms with E-state index >= 15 is 0 Å². The standard InChI is InChI=1S/C17H21NO3/c1-11-9-14(20-3)6-7-15(11)18-12(2)13-5-8-16(19)17(10-13)21-4/h5-10,12,18-19H,1-4H3. The summed E-state index contributed by atoms with van der Waals surface area (Å²) in [4.78, 5) is 0. The molecule has 0 aliphatic heterocycles. The van der Waals surface area contributed by atoms with Crippen LogP contribution in [0.15, 0.2) is 36.4 Å². The van der Waals surface area contributed by atoms with Gasteiger partial charge in [0, 0.05) is 11.7 Å². The first-order valence-corrected chi connectivity index (χ1v) is 6.83. The number of nitrogens with one attached hydrogen (secondary N) is 1. The van der Waals surface area contributed by atoms with Gasteiger partial charge in [-0.3, -0.25) is 0 Å². The summed E-state index contributed by atoms with van der Waals surface area (Å²) >= 11 is 0. The van der Waals surface area contributed by atoms with Crippen molar-refractivity contribution in [1.29, 1.82) is 0 Å². The van der Waals surface area contributed by atoms with E-state index in [0.29, 0.717) is 5.75 Å². The summed E-state index contributed by atoms with van der Waals surface area (Å²) in [6.45, 7) is 4.10. The smallest absolute Gasteiger partial charge is 0.160 e. The molecule has 0 aliphatic rings.